The van der Waals surface area contributed by atoms with Gasteiger partial charge in [0.15, 0.2) is 5.82 Å². The Kier molecular flexibility index (Phi) is 3.48. The van der Waals surface area contributed by atoms with Gasteiger partial charge in [-0.25, -0.2) is 15.4 Å². The molecule has 0 bridgehead atoms. The SMILES string of the molecule is Cc1cnc(C(NN)C2=COCCC2)nc1. The lowest BCUT2D eigenvalue weighted by Gasteiger charge is -2.21. The molecule has 0 amide bonds. The van der Waals surface area contributed by atoms with Crippen molar-refractivity contribution < 1.29 is 4.74 Å². The van der Waals surface area contributed by atoms with Gasteiger partial charge in [0.25, 0.3) is 0 Å². The molecule has 0 spiro atoms. The van der Waals surface area contributed by atoms with Crippen LogP contribution in [0.3, 0.4) is 0 Å². The molecule has 2 rings (SSSR count). The number of hydrogen-bond acceptors (Lipinski definition) is 5. The Balaban J connectivity index is 2.21. The summed E-state index contributed by atoms with van der Waals surface area (Å²) < 4.78 is 5.30. The summed E-state index contributed by atoms with van der Waals surface area (Å²) in [6.07, 6.45) is 7.31. The molecule has 1 unspecified atom stereocenters. The zero-order valence-electron chi connectivity index (χ0n) is 9.31. The number of nitrogens with zero attached hydrogens (tertiary/aromatic N) is 2. The third-order valence-electron chi connectivity index (χ3n) is 2.56. The summed E-state index contributed by atoms with van der Waals surface area (Å²) in [6.45, 7) is 2.73. The van der Waals surface area contributed by atoms with Crippen LogP contribution in [0.2, 0.25) is 0 Å². The van der Waals surface area contributed by atoms with Gasteiger partial charge in [0, 0.05) is 12.4 Å². The number of nitrogens with two attached hydrogens (primary N) is 1. The van der Waals surface area contributed by atoms with Crippen LogP contribution >= 0.6 is 0 Å². The van der Waals surface area contributed by atoms with Gasteiger partial charge in [-0.2, -0.15) is 0 Å². The third-order valence-corrected chi connectivity index (χ3v) is 2.56. The molecule has 1 aromatic heterocycles. The summed E-state index contributed by atoms with van der Waals surface area (Å²) in [5.74, 6) is 6.23. The third kappa shape index (κ3) is 2.37. The molecule has 5 nitrogen and oxygen atoms in total. The predicted molar refractivity (Wildman–Crippen MR) is 60.1 cm³/mol. The highest BCUT2D eigenvalue weighted by Gasteiger charge is 2.19. The molecule has 0 aliphatic carbocycles. The van der Waals surface area contributed by atoms with Crippen molar-refractivity contribution in [2.24, 2.45) is 5.84 Å². The van der Waals surface area contributed by atoms with E-state index in [0.717, 1.165) is 30.6 Å². The minimum Gasteiger partial charge on any atom is -0.501 e. The normalized spacial score (nSPS) is 17.5. The minimum absolute atomic E-state index is 0.152. The largest absolute Gasteiger partial charge is 0.501 e. The number of ether oxygens (including phenoxy) is 1. The van der Waals surface area contributed by atoms with E-state index in [9.17, 15) is 0 Å². The first-order valence-electron chi connectivity index (χ1n) is 5.36. The Morgan fingerprint density at radius 2 is 2.19 bits per heavy atom. The van der Waals surface area contributed by atoms with Crippen molar-refractivity contribution in [2.75, 3.05) is 6.61 Å². The summed E-state index contributed by atoms with van der Waals surface area (Å²) in [6, 6.07) is -0.152. The minimum atomic E-state index is -0.152. The summed E-state index contributed by atoms with van der Waals surface area (Å²) >= 11 is 0. The van der Waals surface area contributed by atoms with Gasteiger partial charge >= 0.3 is 0 Å². The molecular weight excluding hydrogens is 204 g/mol. The van der Waals surface area contributed by atoms with E-state index >= 15 is 0 Å². The van der Waals surface area contributed by atoms with Gasteiger partial charge in [0.1, 0.15) is 6.04 Å². The molecule has 3 N–H and O–H groups in total. The van der Waals surface area contributed by atoms with Crippen molar-refractivity contribution in [3.8, 4) is 0 Å². The standard InChI is InChI=1S/C11H16N4O/c1-8-5-13-11(14-6-8)10(15-12)9-3-2-4-16-7-9/h5-7,10,15H,2-4,12H2,1H3. The van der Waals surface area contributed by atoms with E-state index in [1.165, 1.54) is 0 Å². The molecule has 0 saturated carbocycles. The monoisotopic (exact) mass is 220 g/mol. The number of aryl methyl sites for hydroxylation is 1. The second-order valence-corrected chi connectivity index (χ2v) is 3.89. The summed E-state index contributed by atoms with van der Waals surface area (Å²) in [7, 11) is 0. The van der Waals surface area contributed by atoms with Crippen molar-refractivity contribution >= 4 is 0 Å². The quantitative estimate of drug-likeness (QED) is 0.587. The summed E-state index contributed by atoms with van der Waals surface area (Å²) in [5, 5.41) is 0. The lowest BCUT2D eigenvalue weighted by atomic mass is 10.0. The number of nitrogens with one attached hydrogen (secondary N) is 1. The molecule has 1 aromatic rings. The van der Waals surface area contributed by atoms with Gasteiger partial charge in [0.2, 0.25) is 0 Å². The molecule has 16 heavy (non-hydrogen) atoms. The summed E-state index contributed by atoms with van der Waals surface area (Å²) in [5.41, 5.74) is 4.86. The topological polar surface area (TPSA) is 73.1 Å². The number of rotatable bonds is 3. The van der Waals surface area contributed by atoms with Crippen LogP contribution in [0.25, 0.3) is 0 Å². The molecule has 5 heteroatoms. The first-order valence-corrected chi connectivity index (χ1v) is 5.36. The van der Waals surface area contributed by atoms with Gasteiger partial charge in [0.05, 0.1) is 12.9 Å². The van der Waals surface area contributed by atoms with Crippen LogP contribution in [-0.4, -0.2) is 16.6 Å². The molecule has 0 fully saturated rings. The maximum absolute atomic E-state index is 5.55. The first kappa shape index (κ1) is 11.0. The maximum Gasteiger partial charge on any atom is 0.150 e. The van der Waals surface area contributed by atoms with Crippen molar-refractivity contribution in [3.05, 3.63) is 35.6 Å². The van der Waals surface area contributed by atoms with E-state index in [1.54, 1.807) is 18.7 Å². The van der Waals surface area contributed by atoms with Gasteiger partial charge < -0.3 is 4.74 Å². The molecule has 0 radical (unpaired) electrons. The van der Waals surface area contributed by atoms with E-state index in [1.807, 2.05) is 6.92 Å². The molecule has 86 valence electrons. The Morgan fingerprint density at radius 3 is 2.75 bits per heavy atom. The van der Waals surface area contributed by atoms with Crippen LogP contribution in [0, 0.1) is 6.92 Å². The molecule has 0 aromatic carbocycles. The fraction of sp³-hybridized carbons (Fsp3) is 0.455. The van der Waals surface area contributed by atoms with E-state index in [2.05, 4.69) is 15.4 Å². The average Bonchev–Trinajstić information content (AvgIpc) is 2.34. The Labute approximate surface area is 94.7 Å². The molecule has 1 atom stereocenters. The zero-order valence-corrected chi connectivity index (χ0v) is 9.31. The van der Waals surface area contributed by atoms with Crippen LogP contribution in [-0.2, 0) is 4.74 Å². The first-order chi connectivity index (χ1) is 7.81. The lowest BCUT2D eigenvalue weighted by molar-refractivity contribution is 0.219. The van der Waals surface area contributed by atoms with Crippen LogP contribution < -0.4 is 11.3 Å². The van der Waals surface area contributed by atoms with Crippen molar-refractivity contribution in [3.63, 3.8) is 0 Å². The molecular formula is C11H16N4O. The van der Waals surface area contributed by atoms with Crippen LogP contribution in [0.15, 0.2) is 24.2 Å². The number of aromatic nitrogens is 2. The van der Waals surface area contributed by atoms with Gasteiger partial charge in [-0.1, -0.05) is 0 Å². The van der Waals surface area contributed by atoms with Gasteiger partial charge in [-0.3, -0.25) is 5.84 Å². The molecule has 2 heterocycles. The predicted octanol–water partition coefficient (Wildman–Crippen LogP) is 0.984. The van der Waals surface area contributed by atoms with E-state index < -0.39 is 0 Å². The number of hydrazine groups is 1. The Morgan fingerprint density at radius 1 is 1.44 bits per heavy atom. The highest BCUT2D eigenvalue weighted by Crippen LogP contribution is 2.24. The Hall–Kier alpha value is -1.46. The molecule has 1 aliphatic heterocycles. The van der Waals surface area contributed by atoms with Crippen molar-refractivity contribution in [1.82, 2.24) is 15.4 Å². The summed E-state index contributed by atoms with van der Waals surface area (Å²) in [4.78, 5) is 8.55. The van der Waals surface area contributed by atoms with Gasteiger partial charge in [-0.15, -0.1) is 0 Å². The average molecular weight is 220 g/mol. The van der Waals surface area contributed by atoms with E-state index in [-0.39, 0.29) is 6.04 Å². The van der Waals surface area contributed by atoms with E-state index in [4.69, 9.17) is 10.6 Å². The smallest absolute Gasteiger partial charge is 0.150 e. The van der Waals surface area contributed by atoms with Gasteiger partial charge in [-0.05, 0) is 30.9 Å². The second-order valence-electron chi connectivity index (χ2n) is 3.89. The number of hydrogen-bond donors (Lipinski definition) is 2. The van der Waals surface area contributed by atoms with E-state index in [0.29, 0.717) is 5.82 Å². The lowest BCUT2D eigenvalue weighted by Crippen LogP contribution is -2.31. The van der Waals surface area contributed by atoms with Crippen LogP contribution in [0.5, 0.6) is 0 Å². The van der Waals surface area contributed by atoms with Crippen molar-refractivity contribution in [1.29, 1.82) is 0 Å². The van der Waals surface area contributed by atoms with Crippen molar-refractivity contribution in [2.45, 2.75) is 25.8 Å². The zero-order chi connectivity index (χ0) is 11.4. The second kappa shape index (κ2) is 5.05. The maximum atomic E-state index is 5.55. The van der Waals surface area contributed by atoms with Crippen LogP contribution in [0.4, 0.5) is 0 Å². The fourth-order valence-electron chi connectivity index (χ4n) is 1.70. The fourth-order valence-corrected chi connectivity index (χ4v) is 1.70. The molecule has 1 aliphatic rings. The van der Waals surface area contributed by atoms with Crippen LogP contribution in [0.1, 0.15) is 30.3 Å². The highest BCUT2D eigenvalue weighted by molar-refractivity contribution is 5.17. The highest BCUT2D eigenvalue weighted by atomic mass is 16.5. The molecule has 0 saturated heterocycles. The Bertz CT molecular complexity index is 374.